The molecule has 2 heterocycles. The second-order valence-electron chi connectivity index (χ2n) is 5.30. The maximum absolute atomic E-state index is 6.02. The lowest BCUT2D eigenvalue weighted by Gasteiger charge is -2.29. The summed E-state index contributed by atoms with van der Waals surface area (Å²) in [6, 6.07) is 2.57. The van der Waals surface area contributed by atoms with Crippen LogP contribution in [0.15, 0.2) is 13.6 Å². The van der Waals surface area contributed by atoms with Gasteiger partial charge in [0.2, 0.25) is 0 Å². The first-order valence-corrected chi connectivity index (χ1v) is 9.19. The molecule has 1 saturated heterocycles. The molecule has 2 rings (SSSR count). The van der Waals surface area contributed by atoms with Crippen LogP contribution in [0.25, 0.3) is 0 Å². The highest BCUT2D eigenvalue weighted by Gasteiger charge is 2.42. The molecule has 2 nitrogen and oxygen atoms in total. The van der Waals surface area contributed by atoms with E-state index in [0.717, 1.165) is 6.54 Å². The molecule has 0 saturated carbocycles. The minimum atomic E-state index is 0.291. The first kappa shape index (κ1) is 16.0. The van der Waals surface area contributed by atoms with E-state index in [1.54, 1.807) is 11.3 Å². The Morgan fingerprint density at radius 2 is 2.00 bits per heavy atom. The molecule has 5 atom stereocenters. The summed E-state index contributed by atoms with van der Waals surface area (Å²) in [4.78, 5) is 0. The van der Waals surface area contributed by atoms with Gasteiger partial charge in [0.15, 0.2) is 0 Å². The quantitative estimate of drug-likeness (QED) is 0.755. The van der Waals surface area contributed by atoms with E-state index in [9.17, 15) is 0 Å². The minimum absolute atomic E-state index is 0.291. The molecule has 0 aromatic carbocycles. The Hall–Kier alpha value is 0.580. The van der Waals surface area contributed by atoms with Crippen molar-refractivity contribution in [2.75, 3.05) is 6.54 Å². The van der Waals surface area contributed by atoms with E-state index in [4.69, 9.17) is 4.74 Å². The van der Waals surface area contributed by atoms with Gasteiger partial charge in [-0.15, -0.1) is 11.3 Å². The van der Waals surface area contributed by atoms with Gasteiger partial charge in [0.1, 0.15) is 0 Å². The van der Waals surface area contributed by atoms with Crippen molar-refractivity contribution in [3.63, 3.8) is 0 Å². The van der Waals surface area contributed by atoms with Gasteiger partial charge in [-0.1, -0.05) is 13.8 Å². The van der Waals surface area contributed by atoms with Gasteiger partial charge in [-0.2, -0.15) is 0 Å². The Bertz CT molecular complexity index is 437. The Morgan fingerprint density at radius 3 is 2.42 bits per heavy atom. The summed E-state index contributed by atoms with van der Waals surface area (Å²) in [6.07, 6.45) is 0.627. The van der Waals surface area contributed by atoms with Crippen molar-refractivity contribution >= 4 is 43.2 Å². The number of nitrogens with one attached hydrogen (secondary N) is 1. The number of rotatable bonds is 4. The maximum atomic E-state index is 6.02. The fraction of sp³-hybridized carbons (Fsp3) is 0.714. The van der Waals surface area contributed by atoms with Gasteiger partial charge in [-0.05, 0) is 69.8 Å². The third-order valence-electron chi connectivity index (χ3n) is 4.15. The second-order valence-corrected chi connectivity index (χ2v) is 9.05. The van der Waals surface area contributed by atoms with Gasteiger partial charge in [0, 0.05) is 12.0 Å². The van der Waals surface area contributed by atoms with Crippen LogP contribution in [0.4, 0.5) is 0 Å². The molecule has 5 heteroatoms. The molecular weight excluding hydrogens is 390 g/mol. The average molecular weight is 411 g/mol. The molecule has 1 aromatic heterocycles. The smallest absolute Gasteiger partial charge is 0.0758 e. The highest BCUT2D eigenvalue weighted by Crippen LogP contribution is 2.45. The van der Waals surface area contributed by atoms with Gasteiger partial charge in [0.25, 0.3) is 0 Å². The first-order chi connectivity index (χ1) is 8.95. The molecule has 0 bridgehead atoms. The molecule has 0 aliphatic carbocycles. The van der Waals surface area contributed by atoms with E-state index in [1.165, 1.54) is 13.1 Å². The second kappa shape index (κ2) is 6.56. The Morgan fingerprint density at radius 1 is 1.32 bits per heavy atom. The van der Waals surface area contributed by atoms with Crippen molar-refractivity contribution in [1.82, 2.24) is 5.32 Å². The summed E-state index contributed by atoms with van der Waals surface area (Å²) in [6.45, 7) is 9.82. The fourth-order valence-electron chi connectivity index (χ4n) is 3.11. The summed E-state index contributed by atoms with van der Waals surface area (Å²) < 4.78 is 8.40. The van der Waals surface area contributed by atoms with Gasteiger partial charge < -0.3 is 10.1 Å². The lowest BCUT2D eigenvalue weighted by Crippen LogP contribution is -2.34. The Kier molecular flexibility index (Phi) is 5.51. The summed E-state index contributed by atoms with van der Waals surface area (Å²) in [7, 11) is 0. The topological polar surface area (TPSA) is 21.3 Å². The van der Waals surface area contributed by atoms with E-state index in [1.807, 2.05) is 0 Å². The standard InChI is InChI=1S/C14H21Br2NOS/c1-5-17-13(10-6-11(15)19-14(10)16)12-7(2)8(3)18-9(12)4/h6-9,12-13,17H,5H2,1-4H3. The van der Waals surface area contributed by atoms with Crippen LogP contribution < -0.4 is 5.32 Å². The van der Waals surface area contributed by atoms with Crippen molar-refractivity contribution in [3.05, 3.63) is 19.2 Å². The highest BCUT2D eigenvalue weighted by atomic mass is 79.9. The Labute approximate surface area is 136 Å². The molecule has 1 aliphatic rings. The van der Waals surface area contributed by atoms with Crippen molar-refractivity contribution in [1.29, 1.82) is 0 Å². The fourth-order valence-corrected chi connectivity index (χ4v) is 6.04. The summed E-state index contributed by atoms with van der Waals surface area (Å²) in [5.74, 6) is 1.07. The van der Waals surface area contributed by atoms with Gasteiger partial charge in [-0.3, -0.25) is 0 Å². The number of thiophene rings is 1. The largest absolute Gasteiger partial charge is 0.375 e. The van der Waals surface area contributed by atoms with Crippen LogP contribution in [0.2, 0.25) is 0 Å². The SMILES string of the molecule is CCNC(c1cc(Br)sc1Br)C1C(C)OC(C)C1C. The van der Waals surface area contributed by atoms with Crippen LogP contribution in [0.1, 0.15) is 39.3 Å². The number of hydrogen-bond acceptors (Lipinski definition) is 3. The summed E-state index contributed by atoms with van der Waals surface area (Å²) >= 11 is 9.02. The monoisotopic (exact) mass is 409 g/mol. The van der Waals surface area contributed by atoms with E-state index < -0.39 is 0 Å². The molecule has 19 heavy (non-hydrogen) atoms. The van der Waals surface area contributed by atoms with Crippen LogP contribution in [0.5, 0.6) is 0 Å². The molecular formula is C14H21Br2NOS. The van der Waals surface area contributed by atoms with Crippen LogP contribution in [0.3, 0.4) is 0 Å². The summed E-state index contributed by atoms with van der Waals surface area (Å²) in [5.41, 5.74) is 1.35. The van der Waals surface area contributed by atoms with Crippen molar-refractivity contribution in [3.8, 4) is 0 Å². The zero-order valence-corrected chi connectivity index (χ0v) is 15.7. The molecule has 0 amide bonds. The maximum Gasteiger partial charge on any atom is 0.0758 e. The third-order valence-corrected chi connectivity index (χ3v) is 6.53. The molecule has 5 unspecified atom stereocenters. The molecule has 1 aromatic rings. The van der Waals surface area contributed by atoms with Crippen LogP contribution >= 0.6 is 43.2 Å². The molecule has 108 valence electrons. The Balaban J connectivity index is 2.32. The lowest BCUT2D eigenvalue weighted by molar-refractivity contribution is 0.0475. The molecule has 1 N–H and O–H groups in total. The predicted octanol–water partition coefficient (Wildman–Crippen LogP) is 4.98. The van der Waals surface area contributed by atoms with Crippen molar-refractivity contribution < 1.29 is 4.74 Å². The number of ether oxygens (including phenoxy) is 1. The third kappa shape index (κ3) is 3.26. The van der Waals surface area contributed by atoms with Gasteiger partial charge >= 0.3 is 0 Å². The van der Waals surface area contributed by atoms with E-state index in [2.05, 4.69) is 70.9 Å². The first-order valence-electron chi connectivity index (χ1n) is 6.79. The average Bonchev–Trinajstić information content (AvgIpc) is 2.78. The number of halogens is 2. The van der Waals surface area contributed by atoms with Crippen LogP contribution in [0, 0.1) is 11.8 Å². The summed E-state index contributed by atoms with van der Waals surface area (Å²) in [5, 5.41) is 3.65. The van der Waals surface area contributed by atoms with E-state index in [0.29, 0.717) is 30.1 Å². The van der Waals surface area contributed by atoms with Gasteiger partial charge in [-0.25, -0.2) is 0 Å². The lowest BCUT2D eigenvalue weighted by atomic mass is 9.81. The molecule has 1 aliphatic heterocycles. The van der Waals surface area contributed by atoms with Gasteiger partial charge in [0.05, 0.1) is 19.8 Å². The van der Waals surface area contributed by atoms with Crippen LogP contribution in [-0.4, -0.2) is 18.8 Å². The zero-order chi connectivity index (χ0) is 14.2. The zero-order valence-electron chi connectivity index (χ0n) is 11.7. The van der Waals surface area contributed by atoms with E-state index in [-0.39, 0.29) is 0 Å². The number of hydrogen-bond donors (Lipinski definition) is 1. The molecule has 0 radical (unpaired) electrons. The van der Waals surface area contributed by atoms with E-state index >= 15 is 0 Å². The predicted molar refractivity (Wildman–Crippen MR) is 88.8 cm³/mol. The molecule has 1 fully saturated rings. The van der Waals surface area contributed by atoms with Crippen molar-refractivity contribution in [2.45, 2.75) is 45.9 Å². The molecule has 0 spiro atoms. The highest BCUT2D eigenvalue weighted by molar-refractivity contribution is 9.12. The van der Waals surface area contributed by atoms with Crippen molar-refractivity contribution in [2.24, 2.45) is 11.8 Å². The normalized spacial score (nSPS) is 32.7. The van der Waals surface area contributed by atoms with Crippen LogP contribution in [-0.2, 0) is 4.74 Å². The minimum Gasteiger partial charge on any atom is -0.375 e.